The van der Waals surface area contributed by atoms with Gasteiger partial charge in [-0.3, -0.25) is 4.79 Å². The molecule has 0 bridgehead atoms. The number of hydrogen-bond acceptors (Lipinski definition) is 5. The molecule has 0 aliphatic carbocycles. The minimum atomic E-state index is -3.45. The number of rotatable bonds is 7. The zero-order valence-electron chi connectivity index (χ0n) is 15.9. The van der Waals surface area contributed by atoms with Crippen LogP contribution in [0.3, 0.4) is 0 Å². The van der Waals surface area contributed by atoms with Gasteiger partial charge >= 0.3 is 0 Å². The number of morpholine rings is 1. The van der Waals surface area contributed by atoms with Crippen LogP contribution in [0, 0.1) is 5.92 Å². The Hall–Kier alpha value is -1.64. The third-order valence-electron chi connectivity index (χ3n) is 4.38. The molecule has 1 aromatic rings. The Morgan fingerprint density at radius 3 is 2.31 bits per heavy atom. The van der Waals surface area contributed by atoms with E-state index in [-0.39, 0.29) is 11.8 Å². The topological polar surface area (TPSA) is 79.0 Å². The molecular formula is C18H29N3O4S. The van der Waals surface area contributed by atoms with E-state index in [1.807, 2.05) is 38.1 Å². The van der Waals surface area contributed by atoms with Gasteiger partial charge in [0.1, 0.15) is 6.04 Å². The van der Waals surface area contributed by atoms with Crippen LogP contribution in [0.15, 0.2) is 24.3 Å². The third kappa shape index (κ3) is 5.96. The number of carbonyl (C=O) groups is 1. The second-order valence-corrected chi connectivity index (χ2v) is 8.85. The normalized spacial score (nSPS) is 16.6. The summed E-state index contributed by atoms with van der Waals surface area (Å²) in [5.74, 6) is -0.369. The highest BCUT2D eigenvalue weighted by atomic mass is 32.2. The Bertz CT molecular complexity index is 698. The Labute approximate surface area is 156 Å². The quantitative estimate of drug-likeness (QED) is 0.762. The number of amides is 1. The molecule has 26 heavy (non-hydrogen) atoms. The predicted octanol–water partition coefficient (Wildman–Crippen LogP) is 1.06. The van der Waals surface area contributed by atoms with E-state index in [0.717, 1.165) is 43.8 Å². The van der Waals surface area contributed by atoms with E-state index in [1.165, 1.54) is 0 Å². The molecule has 0 unspecified atom stereocenters. The van der Waals surface area contributed by atoms with Gasteiger partial charge in [-0.15, -0.1) is 0 Å². The van der Waals surface area contributed by atoms with Crippen LogP contribution in [0.5, 0.6) is 0 Å². The van der Waals surface area contributed by atoms with Crippen molar-refractivity contribution in [2.75, 3.05) is 44.5 Å². The molecule has 146 valence electrons. The van der Waals surface area contributed by atoms with Gasteiger partial charge in [0.2, 0.25) is 15.9 Å². The maximum atomic E-state index is 12.7. The van der Waals surface area contributed by atoms with Crippen molar-refractivity contribution in [3.8, 4) is 0 Å². The number of sulfonamides is 1. The van der Waals surface area contributed by atoms with Crippen LogP contribution in [0.4, 0.5) is 5.69 Å². The molecule has 2 rings (SSSR count). The van der Waals surface area contributed by atoms with Gasteiger partial charge in [0.05, 0.1) is 19.5 Å². The highest BCUT2D eigenvalue weighted by molar-refractivity contribution is 7.88. The zero-order chi connectivity index (χ0) is 19.3. The second kappa shape index (κ2) is 8.83. The van der Waals surface area contributed by atoms with Crippen molar-refractivity contribution in [2.45, 2.75) is 26.4 Å². The molecule has 1 atom stereocenters. The van der Waals surface area contributed by atoms with Gasteiger partial charge in [0.15, 0.2) is 0 Å². The molecule has 0 radical (unpaired) electrons. The van der Waals surface area contributed by atoms with Gasteiger partial charge in [-0.05, 0) is 23.6 Å². The van der Waals surface area contributed by atoms with Gasteiger partial charge in [0.25, 0.3) is 0 Å². The number of nitrogens with one attached hydrogen (secondary N) is 1. The SMILES string of the molecule is CC(C)[C@H](NS(C)(=O)=O)C(=O)N(C)Cc1ccc(N2CCOCC2)cc1. The van der Waals surface area contributed by atoms with Crippen LogP contribution in [0.2, 0.25) is 0 Å². The molecule has 1 fully saturated rings. The summed E-state index contributed by atoms with van der Waals surface area (Å²) in [7, 11) is -1.76. The molecule has 1 aliphatic heterocycles. The Balaban J connectivity index is 2.01. The fraction of sp³-hybridized carbons (Fsp3) is 0.611. The molecule has 0 aromatic heterocycles. The zero-order valence-corrected chi connectivity index (χ0v) is 16.8. The molecule has 1 amide bonds. The predicted molar refractivity (Wildman–Crippen MR) is 103 cm³/mol. The average molecular weight is 384 g/mol. The van der Waals surface area contributed by atoms with Gasteiger partial charge < -0.3 is 14.5 Å². The number of nitrogens with zero attached hydrogens (tertiary/aromatic N) is 2. The van der Waals surface area contributed by atoms with Crippen molar-refractivity contribution >= 4 is 21.6 Å². The van der Waals surface area contributed by atoms with Gasteiger partial charge in [-0.2, -0.15) is 0 Å². The molecule has 1 aliphatic rings. The highest BCUT2D eigenvalue weighted by Gasteiger charge is 2.28. The fourth-order valence-electron chi connectivity index (χ4n) is 2.93. The summed E-state index contributed by atoms with van der Waals surface area (Å²) in [6, 6.07) is 7.34. The molecule has 0 spiro atoms. The summed E-state index contributed by atoms with van der Waals surface area (Å²) >= 11 is 0. The standard InChI is InChI=1S/C18H29N3O4S/c1-14(2)17(19-26(4,23)24)18(22)20(3)13-15-5-7-16(8-6-15)21-9-11-25-12-10-21/h5-8,14,17,19H,9-13H2,1-4H3/t17-/m0/s1. The lowest BCUT2D eigenvalue weighted by Gasteiger charge is -2.29. The van der Waals surface area contributed by atoms with Gasteiger partial charge in [-0.25, -0.2) is 13.1 Å². The second-order valence-electron chi connectivity index (χ2n) is 7.07. The largest absolute Gasteiger partial charge is 0.378 e. The van der Waals surface area contributed by atoms with Crippen molar-refractivity contribution in [3.05, 3.63) is 29.8 Å². The number of ether oxygens (including phenoxy) is 1. The first-order valence-electron chi connectivity index (χ1n) is 8.81. The molecule has 7 nitrogen and oxygen atoms in total. The van der Waals surface area contributed by atoms with Crippen molar-refractivity contribution in [1.82, 2.24) is 9.62 Å². The van der Waals surface area contributed by atoms with Crippen LogP contribution in [-0.2, 0) is 26.1 Å². The van der Waals surface area contributed by atoms with Crippen molar-refractivity contribution < 1.29 is 17.9 Å². The number of benzene rings is 1. The number of hydrogen-bond donors (Lipinski definition) is 1. The number of carbonyl (C=O) groups excluding carboxylic acids is 1. The molecule has 1 aromatic carbocycles. The molecule has 8 heteroatoms. The summed E-state index contributed by atoms with van der Waals surface area (Å²) in [6.45, 7) is 7.32. The lowest BCUT2D eigenvalue weighted by atomic mass is 10.0. The van der Waals surface area contributed by atoms with Crippen LogP contribution in [-0.4, -0.2) is 64.9 Å². The monoisotopic (exact) mass is 383 g/mol. The molecule has 1 saturated heterocycles. The van der Waals surface area contributed by atoms with E-state index >= 15 is 0 Å². The Kier molecular flexibility index (Phi) is 7.02. The summed E-state index contributed by atoms with van der Waals surface area (Å²) in [5.41, 5.74) is 2.14. The van der Waals surface area contributed by atoms with Crippen molar-refractivity contribution in [1.29, 1.82) is 0 Å². The van der Waals surface area contributed by atoms with Crippen LogP contribution in [0.1, 0.15) is 19.4 Å². The minimum absolute atomic E-state index is 0.136. The highest BCUT2D eigenvalue weighted by Crippen LogP contribution is 2.18. The van der Waals surface area contributed by atoms with E-state index in [0.29, 0.717) is 6.54 Å². The summed E-state index contributed by atoms with van der Waals surface area (Å²) in [4.78, 5) is 16.5. The first-order chi connectivity index (χ1) is 12.2. The van der Waals surface area contributed by atoms with Crippen molar-refractivity contribution in [3.63, 3.8) is 0 Å². The van der Waals surface area contributed by atoms with Gasteiger partial charge in [0, 0.05) is 32.4 Å². The van der Waals surface area contributed by atoms with Crippen LogP contribution < -0.4 is 9.62 Å². The fourth-order valence-corrected chi connectivity index (χ4v) is 3.76. The molecular weight excluding hydrogens is 354 g/mol. The lowest BCUT2D eigenvalue weighted by molar-refractivity contribution is -0.133. The van der Waals surface area contributed by atoms with E-state index in [1.54, 1.807) is 11.9 Å². The summed E-state index contributed by atoms with van der Waals surface area (Å²) in [6.07, 6.45) is 1.07. The smallest absolute Gasteiger partial charge is 0.241 e. The van der Waals surface area contributed by atoms with Crippen LogP contribution >= 0.6 is 0 Å². The number of anilines is 1. The lowest BCUT2D eigenvalue weighted by Crippen LogP contribution is -2.49. The Morgan fingerprint density at radius 1 is 1.23 bits per heavy atom. The van der Waals surface area contributed by atoms with E-state index in [2.05, 4.69) is 9.62 Å². The first-order valence-corrected chi connectivity index (χ1v) is 10.7. The maximum Gasteiger partial charge on any atom is 0.241 e. The van der Waals surface area contributed by atoms with Crippen molar-refractivity contribution in [2.24, 2.45) is 5.92 Å². The first kappa shape index (κ1) is 20.7. The van der Waals surface area contributed by atoms with E-state index in [4.69, 9.17) is 4.74 Å². The maximum absolute atomic E-state index is 12.7. The van der Waals surface area contributed by atoms with E-state index < -0.39 is 16.1 Å². The van der Waals surface area contributed by atoms with Gasteiger partial charge in [-0.1, -0.05) is 26.0 Å². The van der Waals surface area contributed by atoms with E-state index in [9.17, 15) is 13.2 Å². The summed E-state index contributed by atoms with van der Waals surface area (Å²) in [5, 5.41) is 0. The summed E-state index contributed by atoms with van der Waals surface area (Å²) < 4.78 is 30.8. The van der Waals surface area contributed by atoms with Crippen LogP contribution in [0.25, 0.3) is 0 Å². The third-order valence-corrected chi connectivity index (χ3v) is 5.06. The Morgan fingerprint density at radius 2 is 1.81 bits per heavy atom. The number of likely N-dealkylation sites (N-methyl/N-ethyl adjacent to an activating group) is 1. The average Bonchev–Trinajstić information content (AvgIpc) is 2.59. The molecule has 0 saturated carbocycles. The molecule has 1 N–H and O–H groups in total. The minimum Gasteiger partial charge on any atom is -0.378 e. The molecule has 1 heterocycles.